The number of aliphatic hydroxyl groups excluding tert-OH is 1. The van der Waals surface area contributed by atoms with E-state index < -0.39 is 6.10 Å². The Kier molecular flexibility index (Phi) is 5.83. The van der Waals surface area contributed by atoms with Crippen LogP contribution >= 0.6 is 11.6 Å². The second kappa shape index (κ2) is 6.73. The van der Waals surface area contributed by atoms with Gasteiger partial charge in [0.15, 0.2) is 0 Å². The van der Waals surface area contributed by atoms with Crippen LogP contribution < -0.4 is 0 Å². The normalized spacial score (nSPS) is 14.1. The molecule has 1 rings (SSSR count). The van der Waals surface area contributed by atoms with Crippen molar-refractivity contribution >= 4 is 11.6 Å². The predicted octanol–water partition coefficient (Wildman–Crippen LogP) is 3.10. The average Bonchev–Trinajstić information content (AvgIpc) is 2.72. The maximum Gasteiger partial charge on any atom is 0.115 e. The molecule has 0 radical (unpaired) electrons. The van der Waals surface area contributed by atoms with Gasteiger partial charge in [-0.2, -0.15) is 5.10 Å². The molecule has 1 unspecified atom stereocenters. The summed E-state index contributed by atoms with van der Waals surface area (Å²) in [6.45, 7) is 7.06. The summed E-state index contributed by atoms with van der Waals surface area (Å²) in [5.41, 5.74) is 0.427. The van der Waals surface area contributed by atoms with Crippen LogP contribution in [-0.4, -0.2) is 39.4 Å². The highest BCUT2D eigenvalue weighted by atomic mass is 35.5. The van der Waals surface area contributed by atoms with E-state index >= 15 is 0 Å². The summed E-state index contributed by atoms with van der Waals surface area (Å²) >= 11 is 6.24. The van der Waals surface area contributed by atoms with Gasteiger partial charge in [-0.1, -0.05) is 32.4 Å². The molecule has 0 fully saturated rings. The van der Waals surface area contributed by atoms with Crippen molar-refractivity contribution < 1.29 is 5.11 Å². The highest BCUT2D eigenvalue weighted by molar-refractivity contribution is 6.31. The first kappa shape index (κ1) is 16.5. The number of rotatable bonds is 7. The molecule has 0 aliphatic heterocycles. The Morgan fingerprint density at radius 2 is 1.95 bits per heavy atom. The average molecular weight is 288 g/mol. The molecule has 1 N–H and O–H groups in total. The topological polar surface area (TPSA) is 41.3 Å². The van der Waals surface area contributed by atoms with E-state index in [4.69, 9.17) is 11.6 Å². The predicted molar refractivity (Wildman–Crippen MR) is 79.5 cm³/mol. The standard InChI is InChI=1S/C14H26ClN3O/c1-6-9-18-12(11(15)10-16-18)13(19)14(7-2,8-3)17(4)5/h10,13,19H,6-9H2,1-5H3. The smallest absolute Gasteiger partial charge is 0.115 e. The molecule has 0 bridgehead atoms. The van der Waals surface area contributed by atoms with Gasteiger partial charge >= 0.3 is 0 Å². The molecular formula is C14H26ClN3O. The monoisotopic (exact) mass is 287 g/mol. The zero-order valence-electron chi connectivity index (χ0n) is 12.6. The lowest BCUT2D eigenvalue weighted by Crippen LogP contribution is -2.49. The van der Waals surface area contributed by atoms with Crippen LogP contribution in [0.25, 0.3) is 0 Å². The minimum Gasteiger partial charge on any atom is -0.385 e. The van der Waals surface area contributed by atoms with Crippen LogP contribution in [0, 0.1) is 0 Å². The van der Waals surface area contributed by atoms with Crippen LogP contribution in [0.2, 0.25) is 5.02 Å². The molecule has 19 heavy (non-hydrogen) atoms. The lowest BCUT2D eigenvalue weighted by atomic mass is 9.83. The number of hydrogen-bond donors (Lipinski definition) is 1. The summed E-state index contributed by atoms with van der Waals surface area (Å²) in [4.78, 5) is 2.09. The van der Waals surface area contributed by atoms with Gasteiger partial charge in [-0.25, -0.2) is 0 Å². The highest BCUT2D eigenvalue weighted by Gasteiger charge is 2.40. The summed E-state index contributed by atoms with van der Waals surface area (Å²) in [5, 5.41) is 15.7. The minimum atomic E-state index is -0.640. The lowest BCUT2D eigenvalue weighted by Gasteiger charge is -2.42. The number of hydrogen-bond acceptors (Lipinski definition) is 3. The van der Waals surface area contributed by atoms with E-state index in [2.05, 4.69) is 30.8 Å². The fourth-order valence-corrected chi connectivity index (χ4v) is 3.05. The van der Waals surface area contributed by atoms with Crippen molar-refractivity contribution in [3.05, 3.63) is 16.9 Å². The number of aryl methyl sites for hydroxylation is 1. The van der Waals surface area contributed by atoms with E-state index in [9.17, 15) is 5.11 Å². The Hall–Kier alpha value is -0.580. The molecule has 0 saturated carbocycles. The summed E-state index contributed by atoms with van der Waals surface area (Å²) in [5.74, 6) is 0. The molecule has 0 amide bonds. The van der Waals surface area contributed by atoms with Gasteiger partial charge in [0.1, 0.15) is 6.10 Å². The molecule has 0 spiro atoms. The van der Waals surface area contributed by atoms with Gasteiger partial charge in [0, 0.05) is 6.54 Å². The maximum atomic E-state index is 10.9. The fourth-order valence-electron chi connectivity index (χ4n) is 2.80. The molecule has 0 aliphatic carbocycles. The van der Waals surface area contributed by atoms with Crippen LogP contribution in [0.1, 0.15) is 51.8 Å². The van der Waals surface area contributed by atoms with Gasteiger partial charge in [0.2, 0.25) is 0 Å². The third kappa shape index (κ3) is 2.96. The number of aromatic nitrogens is 2. The van der Waals surface area contributed by atoms with E-state index in [1.807, 2.05) is 18.8 Å². The molecule has 110 valence electrons. The third-order valence-electron chi connectivity index (χ3n) is 4.15. The zero-order chi connectivity index (χ0) is 14.6. The maximum absolute atomic E-state index is 10.9. The van der Waals surface area contributed by atoms with Crippen LogP contribution in [0.3, 0.4) is 0 Å². The van der Waals surface area contributed by atoms with Crippen molar-refractivity contribution in [1.82, 2.24) is 14.7 Å². The lowest BCUT2D eigenvalue weighted by molar-refractivity contribution is -0.0198. The molecule has 5 heteroatoms. The summed E-state index contributed by atoms with van der Waals surface area (Å²) in [7, 11) is 4.01. The first-order valence-corrected chi connectivity index (χ1v) is 7.39. The largest absolute Gasteiger partial charge is 0.385 e. The van der Waals surface area contributed by atoms with Crippen LogP contribution in [0.15, 0.2) is 6.20 Å². The molecule has 1 atom stereocenters. The van der Waals surface area contributed by atoms with E-state index in [0.29, 0.717) is 5.02 Å². The first-order valence-electron chi connectivity index (χ1n) is 7.01. The molecule has 1 aromatic heterocycles. The second-order valence-electron chi connectivity index (χ2n) is 5.21. The van der Waals surface area contributed by atoms with Gasteiger partial charge in [-0.05, 0) is 33.4 Å². The molecule has 1 aromatic rings. The first-order chi connectivity index (χ1) is 8.94. The SMILES string of the molecule is CCCn1ncc(Cl)c1C(O)C(CC)(CC)N(C)C. The molecule has 0 aliphatic rings. The van der Waals surface area contributed by atoms with Gasteiger partial charge < -0.3 is 10.0 Å². The second-order valence-corrected chi connectivity index (χ2v) is 5.62. The van der Waals surface area contributed by atoms with Crippen molar-refractivity contribution in [1.29, 1.82) is 0 Å². The van der Waals surface area contributed by atoms with Gasteiger partial charge in [-0.15, -0.1) is 0 Å². The quantitative estimate of drug-likeness (QED) is 0.838. The molecule has 1 heterocycles. The van der Waals surface area contributed by atoms with Crippen molar-refractivity contribution in [3.63, 3.8) is 0 Å². The summed E-state index contributed by atoms with van der Waals surface area (Å²) in [6, 6.07) is 0. The van der Waals surface area contributed by atoms with Gasteiger partial charge in [0.25, 0.3) is 0 Å². The molecular weight excluding hydrogens is 262 g/mol. The number of nitrogens with zero attached hydrogens (tertiary/aromatic N) is 3. The number of halogens is 1. The van der Waals surface area contributed by atoms with Gasteiger partial charge in [0.05, 0.1) is 22.5 Å². The van der Waals surface area contributed by atoms with E-state index in [-0.39, 0.29) is 5.54 Å². The Morgan fingerprint density at radius 3 is 2.37 bits per heavy atom. The van der Waals surface area contributed by atoms with Crippen molar-refractivity contribution in [3.8, 4) is 0 Å². The fraction of sp³-hybridized carbons (Fsp3) is 0.786. The van der Waals surface area contributed by atoms with Crippen molar-refractivity contribution in [2.45, 2.75) is 58.2 Å². The van der Waals surface area contributed by atoms with E-state index in [0.717, 1.165) is 31.5 Å². The summed E-state index contributed by atoms with van der Waals surface area (Å²) < 4.78 is 1.83. The van der Waals surface area contributed by atoms with E-state index in [1.54, 1.807) is 6.20 Å². The zero-order valence-corrected chi connectivity index (χ0v) is 13.4. The number of likely N-dealkylation sites (N-methyl/N-ethyl adjacent to an activating group) is 1. The third-order valence-corrected chi connectivity index (χ3v) is 4.44. The Bertz CT molecular complexity index is 399. The molecule has 4 nitrogen and oxygen atoms in total. The molecule has 0 aromatic carbocycles. The van der Waals surface area contributed by atoms with E-state index in [1.165, 1.54) is 0 Å². The van der Waals surface area contributed by atoms with Crippen LogP contribution in [-0.2, 0) is 6.54 Å². The number of aliphatic hydroxyl groups is 1. The van der Waals surface area contributed by atoms with Gasteiger partial charge in [-0.3, -0.25) is 4.68 Å². The Morgan fingerprint density at radius 1 is 1.37 bits per heavy atom. The summed E-state index contributed by atoms with van der Waals surface area (Å²) in [6.07, 6.45) is 3.65. The Balaban J connectivity index is 3.23. The molecule has 0 saturated heterocycles. The van der Waals surface area contributed by atoms with Crippen LogP contribution in [0.5, 0.6) is 0 Å². The van der Waals surface area contributed by atoms with Crippen molar-refractivity contribution in [2.75, 3.05) is 14.1 Å². The minimum absolute atomic E-state index is 0.310. The van der Waals surface area contributed by atoms with Crippen molar-refractivity contribution in [2.24, 2.45) is 0 Å². The van der Waals surface area contributed by atoms with Crippen LogP contribution in [0.4, 0.5) is 0 Å². The Labute approximate surface area is 121 Å². The highest BCUT2D eigenvalue weighted by Crippen LogP contribution is 2.38.